The van der Waals surface area contributed by atoms with E-state index in [2.05, 4.69) is 36.4 Å². The minimum atomic E-state index is -0.838. The molecule has 1 aliphatic carbocycles. The highest BCUT2D eigenvalue weighted by Crippen LogP contribution is 2.49. The van der Waals surface area contributed by atoms with E-state index in [9.17, 15) is 10.2 Å². The molecule has 0 spiro atoms. The summed E-state index contributed by atoms with van der Waals surface area (Å²) < 4.78 is 6.05. The van der Waals surface area contributed by atoms with Gasteiger partial charge in [0, 0.05) is 0 Å². The van der Waals surface area contributed by atoms with Crippen LogP contribution in [0.15, 0.2) is 28.8 Å². The summed E-state index contributed by atoms with van der Waals surface area (Å²) in [5.41, 5.74) is 0.864. The zero-order valence-electron chi connectivity index (χ0n) is 13.7. The van der Waals surface area contributed by atoms with Gasteiger partial charge in [0.25, 0.3) is 0 Å². The summed E-state index contributed by atoms with van der Waals surface area (Å²) in [5.74, 6) is 1.04. The van der Waals surface area contributed by atoms with Crippen LogP contribution in [0.4, 0.5) is 0 Å². The Kier molecular flexibility index (Phi) is 4.65. The lowest BCUT2D eigenvalue weighted by Crippen LogP contribution is -2.44. The first kappa shape index (κ1) is 17.4. The van der Waals surface area contributed by atoms with Gasteiger partial charge < -0.3 is 14.9 Å². The highest BCUT2D eigenvalue weighted by Gasteiger charge is 2.44. The lowest BCUT2D eigenvalue weighted by Gasteiger charge is -2.47. The topological polar surface area (TPSA) is 49.7 Å². The van der Waals surface area contributed by atoms with Crippen LogP contribution in [0.5, 0.6) is 11.5 Å². The van der Waals surface area contributed by atoms with Crippen molar-refractivity contribution in [3.63, 3.8) is 0 Å². The van der Waals surface area contributed by atoms with E-state index in [0.29, 0.717) is 12.2 Å². The molecule has 1 saturated carbocycles. The smallest absolute Gasteiger partial charge is 0.133 e. The van der Waals surface area contributed by atoms with Crippen LogP contribution in [-0.2, 0) is 6.42 Å². The Bertz CT molecular complexity index is 590. The normalized spacial score (nSPS) is 27.7. The van der Waals surface area contributed by atoms with Crippen molar-refractivity contribution in [3.05, 3.63) is 34.3 Å². The number of hydrogen-bond donors (Lipinski definition) is 2. The third-order valence-corrected chi connectivity index (χ3v) is 5.71. The summed E-state index contributed by atoms with van der Waals surface area (Å²) in [6.45, 7) is 10.4. The maximum Gasteiger partial charge on any atom is 0.133 e. The average Bonchev–Trinajstić information content (AvgIpc) is 2.42. The van der Waals surface area contributed by atoms with Crippen LogP contribution >= 0.6 is 15.9 Å². The Balaban J connectivity index is 2.37. The first-order valence-electron chi connectivity index (χ1n) is 7.55. The van der Waals surface area contributed by atoms with E-state index < -0.39 is 5.60 Å². The molecule has 1 aromatic rings. The van der Waals surface area contributed by atoms with Gasteiger partial charge in [-0.25, -0.2) is 0 Å². The Hall–Kier alpha value is -1.00. The van der Waals surface area contributed by atoms with Crippen LogP contribution < -0.4 is 4.74 Å². The molecule has 0 unspecified atom stereocenters. The number of aliphatic hydroxyl groups is 1. The van der Waals surface area contributed by atoms with Gasteiger partial charge in [0.15, 0.2) is 0 Å². The summed E-state index contributed by atoms with van der Waals surface area (Å²) >= 11 is 3.38. The first-order valence-corrected chi connectivity index (χ1v) is 8.35. The summed E-state index contributed by atoms with van der Waals surface area (Å²) in [4.78, 5) is 0. The minimum Gasteiger partial charge on any atom is -0.508 e. The first-order chi connectivity index (χ1) is 10.1. The van der Waals surface area contributed by atoms with E-state index in [1.807, 2.05) is 13.0 Å². The molecule has 0 radical (unpaired) electrons. The molecule has 0 aliphatic heterocycles. The van der Waals surface area contributed by atoms with Crippen molar-refractivity contribution in [1.82, 2.24) is 0 Å². The molecule has 2 atom stereocenters. The highest BCUT2D eigenvalue weighted by molar-refractivity contribution is 9.10. The lowest BCUT2D eigenvalue weighted by atomic mass is 9.60. The van der Waals surface area contributed by atoms with E-state index in [-0.39, 0.29) is 17.1 Å². The van der Waals surface area contributed by atoms with Gasteiger partial charge >= 0.3 is 0 Å². The fourth-order valence-electron chi connectivity index (χ4n) is 3.27. The molecule has 0 bridgehead atoms. The van der Waals surface area contributed by atoms with Crippen molar-refractivity contribution in [3.8, 4) is 11.5 Å². The van der Waals surface area contributed by atoms with Crippen molar-refractivity contribution in [2.24, 2.45) is 11.3 Å². The largest absolute Gasteiger partial charge is 0.508 e. The zero-order valence-corrected chi connectivity index (χ0v) is 15.3. The summed E-state index contributed by atoms with van der Waals surface area (Å²) in [6.07, 6.45) is 2.29. The van der Waals surface area contributed by atoms with E-state index >= 15 is 0 Å². The van der Waals surface area contributed by atoms with Crippen molar-refractivity contribution >= 4 is 15.9 Å². The molecule has 4 heteroatoms. The molecule has 0 heterocycles. The molecular weight excluding hydrogens is 344 g/mol. The fraction of sp³-hybridized carbons (Fsp3) is 0.556. The Labute approximate surface area is 141 Å². The van der Waals surface area contributed by atoms with Gasteiger partial charge in [-0.1, -0.05) is 20.4 Å². The van der Waals surface area contributed by atoms with Gasteiger partial charge in [-0.3, -0.25) is 0 Å². The predicted octanol–water partition coefficient (Wildman–Crippen LogP) is 4.45. The van der Waals surface area contributed by atoms with Crippen molar-refractivity contribution < 1.29 is 14.9 Å². The summed E-state index contributed by atoms with van der Waals surface area (Å²) in [5, 5.41) is 20.8. The number of hydrogen-bond acceptors (Lipinski definition) is 3. The Morgan fingerprint density at radius 2 is 1.95 bits per heavy atom. The van der Waals surface area contributed by atoms with Crippen LogP contribution in [0.2, 0.25) is 0 Å². The minimum absolute atomic E-state index is 0.0338. The molecule has 122 valence electrons. The van der Waals surface area contributed by atoms with Gasteiger partial charge in [0.1, 0.15) is 11.5 Å². The maximum atomic E-state index is 10.5. The molecule has 0 saturated heterocycles. The van der Waals surface area contributed by atoms with Crippen molar-refractivity contribution in [1.29, 1.82) is 0 Å². The number of halogens is 1. The molecule has 2 N–H and O–H groups in total. The van der Waals surface area contributed by atoms with E-state index in [0.717, 1.165) is 28.5 Å². The molecule has 1 aliphatic rings. The molecule has 1 fully saturated rings. The monoisotopic (exact) mass is 368 g/mol. The maximum absolute atomic E-state index is 10.5. The number of rotatable bonds is 3. The van der Waals surface area contributed by atoms with Crippen LogP contribution in [0, 0.1) is 11.3 Å². The van der Waals surface area contributed by atoms with Crippen molar-refractivity contribution in [2.75, 3.05) is 7.11 Å². The quantitative estimate of drug-likeness (QED) is 0.774. The summed E-state index contributed by atoms with van der Waals surface area (Å²) in [6, 6.07) is 3.51. The second-order valence-corrected chi connectivity index (χ2v) is 8.01. The third-order valence-electron chi connectivity index (χ3n) is 5.09. The second-order valence-electron chi connectivity index (χ2n) is 7.16. The SMILES string of the molecule is C=C1[C@@H](Cc2cc(OC)c(Br)cc2O)C(C)(C)CC[C@]1(C)O. The number of ether oxygens (including phenoxy) is 1. The number of benzene rings is 1. The van der Waals surface area contributed by atoms with Crippen LogP contribution in [0.3, 0.4) is 0 Å². The average molecular weight is 369 g/mol. The van der Waals surface area contributed by atoms with E-state index in [1.54, 1.807) is 13.2 Å². The van der Waals surface area contributed by atoms with Gasteiger partial charge in [0.2, 0.25) is 0 Å². The number of aromatic hydroxyl groups is 1. The van der Waals surface area contributed by atoms with Crippen LogP contribution in [-0.4, -0.2) is 22.9 Å². The zero-order chi connectivity index (χ0) is 16.7. The van der Waals surface area contributed by atoms with Crippen LogP contribution in [0.25, 0.3) is 0 Å². The summed E-state index contributed by atoms with van der Waals surface area (Å²) in [7, 11) is 1.61. The van der Waals surface area contributed by atoms with Crippen molar-refractivity contribution in [2.45, 2.75) is 45.6 Å². The molecule has 3 nitrogen and oxygen atoms in total. The highest BCUT2D eigenvalue weighted by atomic mass is 79.9. The van der Waals surface area contributed by atoms with Gasteiger partial charge in [-0.2, -0.15) is 0 Å². The van der Waals surface area contributed by atoms with Gasteiger partial charge in [-0.15, -0.1) is 0 Å². The van der Waals surface area contributed by atoms with E-state index in [1.165, 1.54) is 0 Å². The molecule has 0 aromatic heterocycles. The predicted molar refractivity (Wildman–Crippen MR) is 92.3 cm³/mol. The third kappa shape index (κ3) is 3.18. The van der Waals surface area contributed by atoms with Gasteiger partial charge in [0.05, 0.1) is 17.2 Å². The Morgan fingerprint density at radius 1 is 1.32 bits per heavy atom. The fourth-order valence-corrected chi connectivity index (χ4v) is 3.76. The van der Waals surface area contributed by atoms with Gasteiger partial charge in [-0.05, 0) is 76.7 Å². The molecule has 0 amide bonds. The molecular formula is C18H25BrO3. The number of phenolic OH excluding ortho intramolecular Hbond substituents is 1. The standard InChI is InChI=1S/C18H25BrO3/c1-11-13(17(2,3)6-7-18(11,4)21)8-12-9-16(22-5)14(19)10-15(12)20/h9-10,13,20-21H,1,6-8H2,2-5H3/t13-,18+/m1/s1. The lowest BCUT2D eigenvalue weighted by molar-refractivity contribution is 0.0127. The number of phenols is 1. The molecule has 22 heavy (non-hydrogen) atoms. The second kappa shape index (κ2) is 5.89. The molecule has 2 rings (SSSR count). The van der Waals surface area contributed by atoms with Crippen LogP contribution in [0.1, 0.15) is 39.2 Å². The Morgan fingerprint density at radius 3 is 2.55 bits per heavy atom. The van der Waals surface area contributed by atoms with E-state index in [4.69, 9.17) is 4.74 Å². The molecule has 1 aromatic carbocycles. The number of methoxy groups -OCH3 is 1.